The van der Waals surface area contributed by atoms with Gasteiger partial charge in [0.05, 0.1) is 7.11 Å². The van der Waals surface area contributed by atoms with Gasteiger partial charge in [0.25, 0.3) is 0 Å². The van der Waals surface area contributed by atoms with Crippen molar-refractivity contribution in [2.75, 3.05) is 33.0 Å². The van der Waals surface area contributed by atoms with Crippen molar-refractivity contribution < 1.29 is 18.3 Å². The van der Waals surface area contributed by atoms with Crippen LogP contribution in [0.4, 0.5) is 8.78 Å². The topological polar surface area (TPSA) is 46.1 Å². The van der Waals surface area contributed by atoms with E-state index < -0.39 is 6.61 Å². The van der Waals surface area contributed by atoms with Crippen molar-refractivity contribution in [3.8, 4) is 11.5 Å². The molecule has 0 aliphatic carbocycles. The van der Waals surface area contributed by atoms with E-state index in [1.807, 2.05) is 11.8 Å². The second-order valence-electron chi connectivity index (χ2n) is 6.28. The first kappa shape index (κ1) is 19.6. The van der Waals surface area contributed by atoms with Gasteiger partial charge in [-0.1, -0.05) is 0 Å². The van der Waals surface area contributed by atoms with Gasteiger partial charge in [-0.25, -0.2) is 0 Å². The highest BCUT2D eigenvalue weighted by Crippen LogP contribution is 2.30. The van der Waals surface area contributed by atoms with Crippen LogP contribution in [0.5, 0.6) is 11.5 Å². The molecule has 0 bridgehead atoms. The molecule has 1 saturated heterocycles. The number of hydrogen-bond acceptors (Lipinski definition) is 4. The van der Waals surface area contributed by atoms with Crippen LogP contribution in [-0.4, -0.2) is 55.2 Å². The molecule has 0 aromatic heterocycles. The van der Waals surface area contributed by atoms with Gasteiger partial charge in [0, 0.05) is 48.8 Å². The van der Waals surface area contributed by atoms with Gasteiger partial charge in [-0.3, -0.25) is 4.99 Å². The number of nitrogens with zero attached hydrogens (tertiary/aromatic N) is 2. The summed E-state index contributed by atoms with van der Waals surface area (Å²) in [6.45, 7) is 3.63. The summed E-state index contributed by atoms with van der Waals surface area (Å²) in [5.74, 6) is 2.35. The number of aliphatic imine (C=N–C) groups is 1. The molecule has 1 fully saturated rings. The summed E-state index contributed by atoms with van der Waals surface area (Å²) >= 11 is 1.94. The lowest BCUT2D eigenvalue weighted by atomic mass is 10.2. The second-order valence-corrected chi connectivity index (χ2v) is 8.08. The average molecular weight is 373 g/mol. The zero-order valence-corrected chi connectivity index (χ0v) is 15.8. The van der Waals surface area contributed by atoms with Crippen molar-refractivity contribution in [2.24, 2.45) is 4.99 Å². The molecule has 1 heterocycles. The van der Waals surface area contributed by atoms with Crippen LogP contribution in [0, 0.1) is 0 Å². The number of alkyl halides is 2. The minimum absolute atomic E-state index is 0.104. The van der Waals surface area contributed by atoms with Crippen LogP contribution in [0.15, 0.2) is 23.2 Å². The molecule has 1 N–H and O–H groups in total. The zero-order valence-electron chi connectivity index (χ0n) is 15.0. The molecule has 1 aromatic rings. The van der Waals surface area contributed by atoms with Gasteiger partial charge in [-0.05, 0) is 26.0 Å². The van der Waals surface area contributed by atoms with Crippen LogP contribution in [0.2, 0.25) is 0 Å². The molecule has 0 unspecified atom stereocenters. The van der Waals surface area contributed by atoms with Crippen LogP contribution in [0.1, 0.15) is 19.4 Å². The van der Waals surface area contributed by atoms with Crippen molar-refractivity contribution in [2.45, 2.75) is 31.8 Å². The fourth-order valence-corrected chi connectivity index (χ4v) is 3.83. The summed E-state index contributed by atoms with van der Waals surface area (Å²) in [6.07, 6.45) is 0. The molecule has 0 radical (unpaired) electrons. The molecule has 1 aliphatic heterocycles. The minimum Gasteiger partial charge on any atom is -0.497 e. The van der Waals surface area contributed by atoms with Gasteiger partial charge < -0.3 is 19.7 Å². The van der Waals surface area contributed by atoms with Crippen molar-refractivity contribution in [1.29, 1.82) is 0 Å². The summed E-state index contributed by atoms with van der Waals surface area (Å²) in [6, 6.07) is 4.90. The average Bonchev–Trinajstić information content (AvgIpc) is 2.55. The van der Waals surface area contributed by atoms with Crippen LogP contribution >= 0.6 is 11.8 Å². The van der Waals surface area contributed by atoms with E-state index in [2.05, 4.69) is 33.8 Å². The molecule has 0 spiro atoms. The number of hydrogen-bond donors (Lipinski definition) is 1. The maximum Gasteiger partial charge on any atom is 0.387 e. The lowest BCUT2D eigenvalue weighted by molar-refractivity contribution is -0.0505. The summed E-state index contributed by atoms with van der Waals surface area (Å²) < 4.78 is 35.2. The van der Waals surface area contributed by atoms with E-state index >= 15 is 0 Å². The number of ether oxygens (including phenoxy) is 2. The quantitative estimate of drug-likeness (QED) is 0.634. The molecule has 140 valence electrons. The number of halogens is 2. The first-order valence-electron chi connectivity index (χ1n) is 8.06. The SMILES string of the molecule is CN=C(NCc1ccc(OC)cc1OC(F)F)N1CCSC(C)(C)C1. The smallest absolute Gasteiger partial charge is 0.387 e. The number of nitrogens with one attached hydrogen (secondary N) is 1. The lowest BCUT2D eigenvalue weighted by Gasteiger charge is -2.39. The van der Waals surface area contributed by atoms with Gasteiger partial charge in [0.2, 0.25) is 0 Å². The van der Waals surface area contributed by atoms with Gasteiger partial charge in [-0.15, -0.1) is 0 Å². The Hall–Kier alpha value is -1.70. The number of methoxy groups -OCH3 is 1. The van der Waals surface area contributed by atoms with Crippen molar-refractivity contribution in [1.82, 2.24) is 10.2 Å². The Morgan fingerprint density at radius 2 is 2.20 bits per heavy atom. The molecule has 5 nitrogen and oxygen atoms in total. The van der Waals surface area contributed by atoms with Crippen molar-refractivity contribution in [3.05, 3.63) is 23.8 Å². The summed E-state index contributed by atoms with van der Waals surface area (Å²) in [5.41, 5.74) is 0.618. The van der Waals surface area contributed by atoms with Crippen molar-refractivity contribution in [3.63, 3.8) is 0 Å². The number of benzene rings is 1. The van der Waals surface area contributed by atoms with Gasteiger partial charge in [0.15, 0.2) is 5.96 Å². The van der Waals surface area contributed by atoms with Gasteiger partial charge >= 0.3 is 6.61 Å². The van der Waals surface area contributed by atoms with E-state index in [9.17, 15) is 8.78 Å². The first-order valence-corrected chi connectivity index (χ1v) is 9.04. The van der Waals surface area contributed by atoms with Gasteiger partial charge in [0.1, 0.15) is 11.5 Å². The Balaban J connectivity index is 2.08. The molecule has 0 atom stereocenters. The van der Waals surface area contributed by atoms with Crippen molar-refractivity contribution >= 4 is 17.7 Å². The van der Waals surface area contributed by atoms with E-state index in [0.29, 0.717) is 17.9 Å². The third kappa shape index (κ3) is 5.66. The zero-order chi connectivity index (χ0) is 18.4. The fraction of sp³-hybridized carbons (Fsp3) is 0.588. The molecular formula is C17H25F2N3O2S. The summed E-state index contributed by atoms with van der Waals surface area (Å²) in [7, 11) is 3.21. The Morgan fingerprint density at radius 1 is 1.44 bits per heavy atom. The third-order valence-corrected chi connectivity index (χ3v) is 5.16. The predicted octanol–water partition coefficient (Wildman–Crippen LogP) is 3.20. The van der Waals surface area contributed by atoms with Crippen LogP contribution in [-0.2, 0) is 6.54 Å². The standard InChI is InChI=1S/C17H25F2N3O2S/c1-17(2)11-22(7-8-25-17)16(20-3)21-10-12-5-6-13(23-4)9-14(12)24-15(18)19/h5-6,9,15H,7-8,10-11H2,1-4H3,(H,20,21). The predicted molar refractivity (Wildman–Crippen MR) is 97.9 cm³/mol. The fourth-order valence-electron chi connectivity index (χ4n) is 2.72. The molecule has 8 heteroatoms. The summed E-state index contributed by atoms with van der Waals surface area (Å²) in [5, 5.41) is 3.25. The maximum atomic E-state index is 12.7. The Bertz CT molecular complexity index is 612. The van der Waals surface area contributed by atoms with E-state index in [1.165, 1.54) is 13.2 Å². The van der Waals surface area contributed by atoms with Crippen LogP contribution in [0.25, 0.3) is 0 Å². The molecule has 1 aliphatic rings. The highest BCUT2D eigenvalue weighted by Gasteiger charge is 2.28. The summed E-state index contributed by atoms with van der Waals surface area (Å²) in [4.78, 5) is 6.51. The minimum atomic E-state index is -2.88. The highest BCUT2D eigenvalue weighted by molar-refractivity contribution is 8.00. The van der Waals surface area contributed by atoms with E-state index in [4.69, 9.17) is 4.74 Å². The number of rotatable bonds is 5. The monoisotopic (exact) mass is 373 g/mol. The lowest BCUT2D eigenvalue weighted by Crippen LogP contribution is -2.50. The molecule has 25 heavy (non-hydrogen) atoms. The number of thioether (sulfide) groups is 1. The Labute approximate surface area is 151 Å². The Kier molecular flexibility index (Phi) is 6.75. The van der Waals surface area contributed by atoms with E-state index in [1.54, 1.807) is 19.2 Å². The first-order chi connectivity index (χ1) is 11.8. The largest absolute Gasteiger partial charge is 0.497 e. The number of guanidine groups is 1. The molecular weight excluding hydrogens is 348 g/mol. The molecule has 1 aromatic carbocycles. The Morgan fingerprint density at radius 3 is 2.80 bits per heavy atom. The molecule has 0 saturated carbocycles. The van der Waals surface area contributed by atoms with Crippen LogP contribution in [0.3, 0.4) is 0 Å². The maximum absolute atomic E-state index is 12.7. The second kappa shape index (κ2) is 8.60. The molecule has 2 rings (SSSR count). The normalized spacial score (nSPS) is 17.6. The van der Waals surface area contributed by atoms with Crippen LogP contribution < -0.4 is 14.8 Å². The molecule has 0 amide bonds. The van der Waals surface area contributed by atoms with Gasteiger partial charge in [-0.2, -0.15) is 20.5 Å². The van der Waals surface area contributed by atoms with E-state index in [0.717, 1.165) is 24.8 Å². The van der Waals surface area contributed by atoms with E-state index in [-0.39, 0.29) is 10.5 Å². The third-order valence-electron chi connectivity index (χ3n) is 3.86. The highest BCUT2D eigenvalue weighted by atomic mass is 32.2.